The monoisotopic (exact) mass is 313 g/mol. The average molecular weight is 313 g/mol. The first kappa shape index (κ1) is 14.4. The first-order valence-electron chi connectivity index (χ1n) is 7.89. The Morgan fingerprint density at radius 3 is 3.17 bits per heavy atom. The number of fused-ring (bicyclic) bond motifs is 2. The van der Waals surface area contributed by atoms with Gasteiger partial charge in [-0.1, -0.05) is 23.4 Å². The third kappa shape index (κ3) is 2.64. The number of para-hydroxylation sites is 1. The Labute approximate surface area is 134 Å². The van der Waals surface area contributed by atoms with Gasteiger partial charge < -0.3 is 14.6 Å². The number of ether oxygens (including phenoxy) is 1. The molecule has 4 rings (SSSR count). The minimum absolute atomic E-state index is 0.00330. The summed E-state index contributed by atoms with van der Waals surface area (Å²) >= 11 is 0. The van der Waals surface area contributed by atoms with E-state index in [0.717, 1.165) is 34.7 Å². The summed E-state index contributed by atoms with van der Waals surface area (Å²) in [5.74, 6) is 0.919. The smallest absolute Gasteiger partial charge is 0.241 e. The van der Waals surface area contributed by atoms with Crippen LogP contribution in [0.1, 0.15) is 29.5 Å². The molecule has 2 aliphatic heterocycles. The van der Waals surface area contributed by atoms with E-state index in [1.165, 1.54) is 0 Å². The molecular weight excluding hydrogens is 294 g/mol. The van der Waals surface area contributed by atoms with Crippen LogP contribution in [-0.2, 0) is 35.6 Å². The van der Waals surface area contributed by atoms with Gasteiger partial charge in [-0.25, -0.2) is 0 Å². The summed E-state index contributed by atoms with van der Waals surface area (Å²) in [6, 6.07) is 7.67. The molecule has 0 bridgehead atoms. The topological polar surface area (TPSA) is 67.6 Å². The van der Waals surface area contributed by atoms with Gasteiger partial charge >= 0.3 is 0 Å². The van der Waals surface area contributed by atoms with Crippen LogP contribution in [0.2, 0.25) is 0 Å². The van der Waals surface area contributed by atoms with Gasteiger partial charge in [0.1, 0.15) is 11.5 Å². The molecular formula is C17H19N3O3. The number of hydrogen-bond acceptors (Lipinski definition) is 5. The van der Waals surface area contributed by atoms with Crippen LogP contribution < -0.4 is 5.32 Å². The van der Waals surface area contributed by atoms with Crippen LogP contribution >= 0.6 is 0 Å². The lowest BCUT2D eigenvalue weighted by atomic mass is 10.1. The Balaban J connectivity index is 1.63. The average Bonchev–Trinajstić information content (AvgIpc) is 2.93. The van der Waals surface area contributed by atoms with Gasteiger partial charge in [0.2, 0.25) is 5.91 Å². The number of hydrogen-bond donors (Lipinski definition) is 1. The molecule has 0 saturated heterocycles. The van der Waals surface area contributed by atoms with E-state index < -0.39 is 0 Å². The van der Waals surface area contributed by atoms with E-state index in [2.05, 4.69) is 15.4 Å². The lowest BCUT2D eigenvalue weighted by Crippen LogP contribution is -2.39. The summed E-state index contributed by atoms with van der Waals surface area (Å²) in [5, 5.41) is 7.20. The van der Waals surface area contributed by atoms with Crippen molar-refractivity contribution < 1.29 is 14.1 Å². The van der Waals surface area contributed by atoms with E-state index in [9.17, 15) is 4.79 Å². The Morgan fingerprint density at radius 1 is 1.39 bits per heavy atom. The summed E-state index contributed by atoms with van der Waals surface area (Å²) < 4.78 is 10.9. The Bertz CT molecular complexity index is 740. The first-order chi connectivity index (χ1) is 11.2. The summed E-state index contributed by atoms with van der Waals surface area (Å²) in [5.41, 5.74) is 3.91. The van der Waals surface area contributed by atoms with Gasteiger partial charge in [-0.15, -0.1) is 0 Å². The highest BCUT2D eigenvalue weighted by Crippen LogP contribution is 2.27. The van der Waals surface area contributed by atoms with E-state index in [-0.39, 0.29) is 11.9 Å². The molecule has 2 aromatic rings. The van der Waals surface area contributed by atoms with E-state index >= 15 is 0 Å². The van der Waals surface area contributed by atoms with Crippen molar-refractivity contribution in [2.24, 2.45) is 0 Å². The molecule has 0 aliphatic carbocycles. The van der Waals surface area contributed by atoms with Crippen molar-refractivity contribution in [3.8, 4) is 0 Å². The molecule has 1 aromatic heterocycles. The van der Waals surface area contributed by atoms with Gasteiger partial charge in [-0.3, -0.25) is 9.69 Å². The lowest BCUT2D eigenvalue weighted by molar-refractivity contribution is -0.120. The largest absolute Gasteiger partial charge is 0.376 e. The lowest BCUT2D eigenvalue weighted by Gasteiger charge is -2.25. The maximum absolute atomic E-state index is 12.4. The molecule has 1 aromatic carbocycles. The molecule has 6 heteroatoms. The second kappa shape index (κ2) is 5.79. The fraction of sp³-hybridized carbons (Fsp3) is 0.412. The number of nitrogens with one attached hydrogen (secondary N) is 1. The predicted molar refractivity (Wildman–Crippen MR) is 83.6 cm³/mol. The molecule has 0 fully saturated rings. The predicted octanol–water partition coefficient (Wildman–Crippen LogP) is 2.09. The minimum Gasteiger partial charge on any atom is -0.376 e. The van der Waals surface area contributed by atoms with Crippen molar-refractivity contribution in [2.75, 3.05) is 11.9 Å². The van der Waals surface area contributed by atoms with Crippen molar-refractivity contribution in [1.82, 2.24) is 10.1 Å². The molecule has 1 amide bonds. The van der Waals surface area contributed by atoms with Crippen molar-refractivity contribution >= 4 is 11.6 Å². The fourth-order valence-corrected chi connectivity index (χ4v) is 3.13. The number of nitrogens with zero attached hydrogens (tertiary/aromatic N) is 2. The van der Waals surface area contributed by atoms with Crippen molar-refractivity contribution in [2.45, 2.75) is 39.1 Å². The third-order valence-corrected chi connectivity index (χ3v) is 4.60. The summed E-state index contributed by atoms with van der Waals surface area (Å²) in [7, 11) is 0. The Kier molecular flexibility index (Phi) is 3.63. The standard InChI is InChI=1S/C17H19N3O3/c1-11-17(21)18-14-5-3-2-4-12(14)8-20(11)9-15-13-10-22-7-6-16(13)23-19-15/h2-5,11H,6-10H2,1H3,(H,18,21). The first-order valence-corrected chi connectivity index (χ1v) is 7.89. The van der Waals surface area contributed by atoms with E-state index in [1.54, 1.807) is 0 Å². The molecule has 0 spiro atoms. The minimum atomic E-state index is -0.237. The SMILES string of the molecule is CC1C(=O)Nc2ccccc2CN1Cc1noc2c1COCC2. The Hall–Kier alpha value is -2.18. The van der Waals surface area contributed by atoms with Gasteiger partial charge in [0, 0.05) is 30.8 Å². The van der Waals surface area contributed by atoms with Crippen LogP contribution in [0.25, 0.3) is 0 Å². The third-order valence-electron chi connectivity index (χ3n) is 4.60. The molecule has 3 heterocycles. The highest BCUT2D eigenvalue weighted by Gasteiger charge is 2.29. The van der Waals surface area contributed by atoms with E-state index in [1.807, 2.05) is 31.2 Å². The van der Waals surface area contributed by atoms with Crippen LogP contribution in [0.5, 0.6) is 0 Å². The van der Waals surface area contributed by atoms with Crippen LogP contribution in [0, 0.1) is 0 Å². The number of amides is 1. The summed E-state index contributed by atoms with van der Waals surface area (Å²) in [6.45, 7) is 4.41. The van der Waals surface area contributed by atoms with Gasteiger partial charge in [0.15, 0.2) is 0 Å². The summed E-state index contributed by atoms with van der Waals surface area (Å²) in [6.07, 6.45) is 0.765. The quantitative estimate of drug-likeness (QED) is 0.919. The second-order valence-electron chi connectivity index (χ2n) is 6.06. The molecule has 0 saturated carbocycles. The molecule has 1 atom stereocenters. The van der Waals surface area contributed by atoms with Crippen molar-refractivity contribution in [3.05, 3.63) is 46.8 Å². The fourth-order valence-electron chi connectivity index (χ4n) is 3.13. The number of aromatic nitrogens is 1. The zero-order chi connectivity index (χ0) is 15.8. The van der Waals surface area contributed by atoms with Crippen molar-refractivity contribution in [3.63, 3.8) is 0 Å². The molecule has 23 heavy (non-hydrogen) atoms. The van der Waals surface area contributed by atoms with E-state index in [4.69, 9.17) is 9.26 Å². The molecule has 6 nitrogen and oxygen atoms in total. The van der Waals surface area contributed by atoms with Crippen LogP contribution in [-0.4, -0.2) is 28.6 Å². The van der Waals surface area contributed by atoms with Gasteiger partial charge in [-0.2, -0.15) is 0 Å². The number of carbonyl (C=O) groups excluding carboxylic acids is 1. The van der Waals surface area contributed by atoms with Gasteiger partial charge in [0.25, 0.3) is 0 Å². The maximum Gasteiger partial charge on any atom is 0.241 e. The highest BCUT2D eigenvalue weighted by molar-refractivity contribution is 5.95. The number of benzene rings is 1. The van der Waals surface area contributed by atoms with Gasteiger partial charge in [-0.05, 0) is 18.6 Å². The molecule has 0 radical (unpaired) electrons. The zero-order valence-electron chi connectivity index (χ0n) is 13.0. The van der Waals surface area contributed by atoms with Crippen LogP contribution in [0.15, 0.2) is 28.8 Å². The molecule has 120 valence electrons. The summed E-state index contributed by atoms with van der Waals surface area (Å²) in [4.78, 5) is 14.5. The number of carbonyl (C=O) groups is 1. The molecule has 1 N–H and O–H groups in total. The maximum atomic E-state index is 12.4. The normalized spacial score (nSPS) is 21.3. The Morgan fingerprint density at radius 2 is 2.26 bits per heavy atom. The second-order valence-corrected chi connectivity index (χ2v) is 6.06. The van der Waals surface area contributed by atoms with Gasteiger partial charge in [0.05, 0.1) is 19.3 Å². The number of rotatable bonds is 2. The van der Waals surface area contributed by atoms with Crippen LogP contribution in [0.4, 0.5) is 5.69 Å². The molecule has 2 aliphatic rings. The van der Waals surface area contributed by atoms with Crippen molar-refractivity contribution in [1.29, 1.82) is 0 Å². The highest BCUT2D eigenvalue weighted by atomic mass is 16.5. The molecule has 1 unspecified atom stereocenters. The van der Waals surface area contributed by atoms with Crippen LogP contribution in [0.3, 0.4) is 0 Å². The number of anilines is 1. The zero-order valence-corrected chi connectivity index (χ0v) is 13.0. The van der Waals surface area contributed by atoms with E-state index in [0.29, 0.717) is 26.3 Å².